The molecule has 0 unspecified atom stereocenters. The summed E-state index contributed by atoms with van der Waals surface area (Å²) in [5, 5.41) is -9.54. The van der Waals surface area contributed by atoms with Gasteiger partial charge in [-0.15, -0.1) is 12.4 Å². The van der Waals surface area contributed by atoms with Crippen LogP contribution in [0.15, 0.2) is 91.4 Å². The molecule has 0 atom stereocenters. The molecule has 2 amide bonds. The molecule has 2 N–H and O–H groups in total. The van der Waals surface area contributed by atoms with E-state index in [1.165, 1.54) is 31.2 Å². The standard InChI is InChI=1S/C17H12F3NO5S.C9H10F3NO3S.ClH/c1-10-13(7-9-26-10)27(24,25)17(19,20)14(18)6-8-21-15(22)11-4-2-3-5-12(11)16(21)23;1-6-7(3-5-16-6)17(14,15)9(11,12)8(10)2-4-13;/h2-7,9H,8H2,1H3;2-3,5H,4,13H2,1H3;1H/b14-6-;8-2-;. The maximum Gasteiger partial charge on any atom is 0.400 e. The number of sulfone groups is 2. The number of imide groups is 1. The number of nitrogens with two attached hydrogens (primary N) is 1. The average Bonchev–Trinajstić information content (AvgIpc) is 3.66. The van der Waals surface area contributed by atoms with Crippen LogP contribution in [0.25, 0.3) is 0 Å². The van der Waals surface area contributed by atoms with Crippen LogP contribution in [0.1, 0.15) is 32.2 Å². The Balaban J connectivity index is 0.000000340. The molecule has 3 aromatic rings. The maximum atomic E-state index is 14.2. The van der Waals surface area contributed by atoms with Crippen molar-refractivity contribution in [2.24, 2.45) is 5.73 Å². The van der Waals surface area contributed by atoms with E-state index in [1.54, 1.807) is 0 Å². The van der Waals surface area contributed by atoms with Gasteiger partial charge < -0.3 is 14.6 Å². The Morgan fingerprint density at radius 1 is 0.778 bits per heavy atom. The van der Waals surface area contributed by atoms with E-state index in [1.807, 2.05) is 0 Å². The monoisotopic (exact) mass is 704 g/mol. The lowest BCUT2D eigenvalue weighted by Gasteiger charge is -2.16. The fourth-order valence-corrected chi connectivity index (χ4v) is 6.31. The molecule has 1 aromatic carbocycles. The summed E-state index contributed by atoms with van der Waals surface area (Å²) in [6.07, 6.45) is 2.34. The van der Waals surface area contributed by atoms with Crippen LogP contribution in [-0.4, -0.2) is 57.1 Å². The molecule has 0 saturated heterocycles. The van der Waals surface area contributed by atoms with Gasteiger partial charge >= 0.3 is 10.5 Å². The topological polar surface area (TPSA) is 158 Å². The Morgan fingerprint density at radius 3 is 1.49 bits per heavy atom. The number of benzene rings is 1. The molecule has 4 rings (SSSR count). The molecule has 0 spiro atoms. The van der Waals surface area contributed by atoms with Crippen molar-refractivity contribution < 1.29 is 61.6 Å². The summed E-state index contributed by atoms with van der Waals surface area (Å²) >= 11 is 0. The summed E-state index contributed by atoms with van der Waals surface area (Å²) in [6, 6.07) is 7.40. The number of fused-ring (bicyclic) bond motifs is 1. The summed E-state index contributed by atoms with van der Waals surface area (Å²) in [5.74, 6) is -6.50. The third kappa shape index (κ3) is 6.73. The van der Waals surface area contributed by atoms with Gasteiger partial charge in [0.1, 0.15) is 21.3 Å². The first-order valence-electron chi connectivity index (χ1n) is 12.0. The van der Waals surface area contributed by atoms with E-state index in [0.29, 0.717) is 11.0 Å². The van der Waals surface area contributed by atoms with Crippen LogP contribution >= 0.6 is 12.4 Å². The van der Waals surface area contributed by atoms with E-state index in [2.05, 4.69) is 8.83 Å². The van der Waals surface area contributed by atoms with Crippen molar-refractivity contribution in [1.82, 2.24) is 4.90 Å². The number of amides is 2. The first-order chi connectivity index (χ1) is 20.3. The minimum absolute atomic E-state index is 0. The van der Waals surface area contributed by atoms with Crippen molar-refractivity contribution in [3.63, 3.8) is 0 Å². The van der Waals surface area contributed by atoms with Gasteiger partial charge in [0.15, 0.2) is 11.7 Å². The van der Waals surface area contributed by atoms with E-state index >= 15 is 0 Å². The van der Waals surface area contributed by atoms with Gasteiger partial charge in [-0.25, -0.2) is 25.6 Å². The summed E-state index contributed by atoms with van der Waals surface area (Å²) in [4.78, 5) is 23.2. The van der Waals surface area contributed by atoms with E-state index in [-0.39, 0.29) is 41.1 Å². The third-order valence-corrected chi connectivity index (χ3v) is 9.81. The molecule has 45 heavy (non-hydrogen) atoms. The van der Waals surface area contributed by atoms with Crippen molar-refractivity contribution in [2.45, 2.75) is 34.1 Å². The van der Waals surface area contributed by atoms with Crippen LogP contribution in [0.5, 0.6) is 0 Å². The largest absolute Gasteiger partial charge is 0.468 e. The van der Waals surface area contributed by atoms with Crippen LogP contribution < -0.4 is 5.73 Å². The summed E-state index contributed by atoms with van der Waals surface area (Å²) < 4.78 is 139. The zero-order valence-electron chi connectivity index (χ0n) is 23.0. The number of furan rings is 2. The molecule has 0 bridgehead atoms. The molecule has 10 nitrogen and oxygen atoms in total. The fourth-order valence-electron chi connectivity index (χ4n) is 3.75. The average molecular weight is 705 g/mol. The fraction of sp³-hybridized carbons (Fsp3) is 0.231. The molecule has 0 aliphatic carbocycles. The third-order valence-electron chi connectivity index (χ3n) is 6.06. The summed E-state index contributed by atoms with van der Waals surface area (Å²) in [7, 11) is -10.6. The molecule has 3 heterocycles. The van der Waals surface area contributed by atoms with E-state index in [4.69, 9.17) is 5.73 Å². The number of carbonyl (C=O) groups is 2. The summed E-state index contributed by atoms with van der Waals surface area (Å²) in [5.41, 5.74) is 4.97. The predicted molar refractivity (Wildman–Crippen MR) is 148 cm³/mol. The lowest BCUT2D eigenvalue weighted by Crippen LogP contribution is -2.33. The Labute approximate surface area is 258 Å². The second kappa shape index (κ2) is 13.6. The van der Waals surface area contributed by atoms with Crippen molar-refractivity contribution in [3.8, 4) is 0 Å². The Morgan fingerprint density at radius 2 is 1.16 bits per heavy atom. The van der Waals surface area contributed by atoms with Gasteiger partial charge in [0.25, 0.3) is 31.5 Å². The second-order valence-corrected chi connectivity index (χ2v) is 12.7. The smallest absolute Gasteiger partial charge is 0.400 e. The molecule has 0 saturated carbocycles. The molecular weight excluding hydrogens is 682 g/mol. The first kappa shape index (κ1) is 37.3. The van der Waals surface area contributed by atoms with Crippen molar-refractivity contribution in [3.05, 3.63) is 95.4 Å². The minimum Gasteiger partial charge on any atom is -0.468 e. The quantitative estimate of drug-likeness (QED) is 0.231. The highest BCUT2D eigenvalue weighted by Gasteiger charge is 2.53. The van der Waals surface area contributed by atoms with Crippen molar-refractivity contribution >= 4 is 43.9 Å². The van der Waals surface area contributed by atoms with Gasteiger partial charge in [-0.05, 0) is 50.3 Å². The van der Waals surface area contributed by atoms with Crippen LogP contribution in [0.4, 0.5) is 26.3 Å². The van der Waals surface area contributed by atoms with Gasteiger partial charge in [-0.3, -0.25) is 14.5 Å². The van der Waals surface area contributed by atoms with E-state index in [9.17, 15) is 52.8 Å². The van der Waals surface area contributed by atoms with Gasteiger partial charge in [0.2, 0.25) is 0 Å². The number of hydrogen-bond acceptors (Lipinski definition) is 9. The van der Waals surface area contributed by atoms with Crippen LogP contribution in [0.2, 0.25) is 0 Å². The zero-order chi connectivity index (χ0) is 33.3. The Hall–Kier alpha value is -3.87. The lowest BCUT2D eigenvalue weighted by molar-refractivity contribution is 0.0665. The number of carbonyl (C=O) groups excluding carboxylic acids is 2. The summed E-state index contributed by atoms with van der Waals surface area (Å²) in [6.45, 7) is 0.964. The van der Waals surface area contributed by atoms with Gasteiger partial charge in [-0.1, -0.05) is 12.1 Å². The van der Waals surface area contributed by atoms with Crippen LogP contribution in [0.3, 0.4) is 0 Å². The number of nitrogens with zero attached hydrogens (tertiary/aromatic N) is 1. The number of rotatable bonds is 9. The first-order valence-corrected chi connectivity index (χ1v) is 15.0. The van der Waals surface area contributed by atoms with Crippen molar-refractivity contribution in [2.75, 3.05) is 13.1 Å². The number of hydrogen-bond donors (Lipinski definition) is 1. The number of alkyl halides is 4. The normalized spacial score (nSPS) is 14.6. The second-order valence-electron chi connectivity index (χ2n) is 8.83. The number of halogens is 7. The molecule has 1 aliphatic rings. The maximum absolute atomic E-state index is 14.2. The SMILES string of the molecule is Cc1occc1S(=O)(=O)C(F)(F)/C(F)=C/CN.Cc1occc1S(=O)(=O)C(F)(F)/C(F)=C/CN1C(=O)c2ccccc2C1=O.Cl. The lowest BCUT2D eigenvalue weighted by atomic mass is 10.1. The molecule has 246 valence electrons. The van der Waals surface area contributed by atoms with Gasteiger partial charge in [0, 0.05) is 6.54 Å². The minimum atomic E-state index is -5.41. The van der Waals surface area contributed by atoms with Crippen LogP contribution in [0, 0.1) is 13.8 Å². The molecule has 0 fully saturated rings. The highest BCUT2D eigenvalue weighted by molar-refractivity contribution is 7.93. The van der Waals surface area contributed by atoms with Crippen molar-refractivity contribution in [1.29, 1.82) is 0 Å². The Bertz CT molecular complexity index is 1830. The van der Waals surface area contributed by atoms with Crippen LogP contribution in [-0.2, 0) is 19.7 Å². The highest BCUT2D eigenvalue weighted by atomic mass is 35.5. The Kier molecular flexibility index (Phi) is 11.3. The molecule has 1 aliphatic heterocycles. The zero-order valence-corrected chi connectivity index (χ0v) is 25.4. The van der Waals surface area contributed by atoms with Gasteiger partial charge in [0.05, 0.1) is 30.2 Å². The van der Waals surface area contributed by atoms with E-state index in [0.717, 1.165) is 31.6 Å². The molecule has 2 aromatic heterocycles. The molecule has 0 radical (unpaired) electrons. The molecule has 19 heteroatoms. The number of aryl methyl sites for hydroxylation is 2. The van der Waals surface area contributed by atoms with Gasteiger partial charge in [-0.2, -0.15) is 17.6 Å². The molecular formula is C26H23ClF6N2O8S2. The predicted octanol–water partition coefficient (Wildman–Crippen LogP) is 5.29. The van der Waals surface area contributed by atoms with E-state index < -0.39 is 76.5 Å². The highest BCUT2D eigenvalue weighted by Crippen LogP contribution is 2.39.